The molecule has 0 saturated heterocycles. The van der Waals surface area contributed by atoms with Crippen molar-refractivity contribution in [3.05, 3.63) is 108 Å². The molecule has 0 radical (unpaired) electrons. The lowest BCUT2D eigenvalue weighted by atomic mass is 10.2. The summed E-state index contributed by atoms with van der Waals surface area (Å²) in [5.74, 6) is 0. The van der Waals surface area contributed by atoms with Gasteiger partial charge in [-0.3, -0.25) is 4.31 Å². The number of hydrogen-bond donors (Lipinski definition) is 0. The van der Waals surface area contributed by atoms with E-state index in [1.807, 2.05) is 91.0 Å². The zero-order chi connectivity index (χ0) is 21.1. The fourth-order valence-corrected chi connectivity index (χ4v) is 5.40. The molecule has 0 bridgehead atoms. The van der Waals surface area contributed by atoms with E-state index in [4.69, 9.17) is 0 Å². The van der Waals surface area contributed by atoms with Gasteiger partial charge in [0.2, 0.25) is 0 Å². The van der Waals surface area contributed by atoms with Crippen molar-refractivity contribution in [3.63, 3.8) is 0 Å². The highest BCUT2D eigenvalue weighted by atomic mass is 32.2. The number of aromatic nitrogens is 2. The lowest BCUT2D eigenvalue weighted by Gasteiger charge is -2.25. The molecule has 0 aliphatic carbocycles. The maximum Gasteiger partial charge on any atom is 0.268 e. The molecule has 6 heteroatoms. The van der Waals surface area contributed by atoms with E-state index in [9.17, 15) is 8.42 Å². The normalized spacial score (nSPS) is 11.4. The Bertz CT molecular complexity index is 1240. The SMILES string of the molecule is Cc1nn(-c2ccccc2)c(C)c1S(=O)(=O)N(Cc1ccccc1)c1ccccc1. The maximum absolute atomic E-state index is 13.9. The number of sulfonamides is 1. The third-order valence-corrected chi connectivity index (χ3v) is 7.01. The molecule has 152 valence electrons. The van der Waals surface area contributed by atoms with Crippen molar-refractivity contribution in [2.45, 2.75) is 25.3 Å². The van der Waals surface area contributed by atoms with Gasteiger partial charge in [-0.1, -0.05) is 66.7 Å². The summed E-state index contributed by atoms with van der Waals surface area (Å²) in [6.45, 7) is 3.78. The molecule has 0 atom stereocenters. The van der Waals surface area contributed by atoms with Crippen LogP contribution < -0.4 is 4.31 Å². The average molecular weight is 418 g/mol. The summed E-state index contributed by atoms with van der Waals surface area (Å²) in [5, 5.41) is 4.54. The Hall–Kier alpha value is -3.38. The monoisotopic (exact) mass is 417 g/mol. The van der Waals surface area contributed by atoms with Crippen LogP contribution in [0.25, 0.3) is 5.69 Å². The van der Waals surface area contributed by atoms with Crippen molar-refractivity contribution in [1.29, 1.82) is 0 Å². The van der Waals surface area contributed by atoms with Gasteiger partial charge in [0.25, 0.3) is 10.0 Å². The van der Waals surface area contributed by atoms with E-state index in [0.717, 1.165) is 11.3 Å². The van der Waals surface area contributed by atoms with Gasteiger partial charge in [-0.15, -0.1) is 0 Å². The Balaban J connectivity index is 1.84. The molecule has 5 nitrogen and oxygen atoms in total. The van der Waals surface area contributed by atoms with Gasteiger partial charge in [-0.2, -0.15) is 5.10 Å². The zero-order valence-electron chi connectivity index (χ0n) is 16.9. The van der Waals surface area contributed by atoms with Crippen LogP contribution in [-0.4, -0.2) is 18.2 Å². The fourth-order valence-electron chi connectivity index (χ4n) is 3.59. The number of aryl methyl sites for hydroxylation is 1. The molecule has 0 unspecified atom stereocenters. The third kappa shape index (κ3) is 3.74. The van der Waals surface area contributed by atoms with Crippen LogP contribution in [0.4, 0.5) is 5.69 Å². The van der Waals surface area contributed by atoms with Gasteiger partial charge in [-0.05, 0) is 43.7 Å². The highest BCUT2D eigenvalue weighted by Gasteiger charge is 2.31. The Morgan fingerprint density at radius 2 is 1.33 bits per heavy atom. The molecule has 4 aromatic rings. The van der Waals surface area contributed by atoms with Crippen LogP contribution in [0.3, 0.4) is 0 Å². The quantitative estimate of drug-likeness (QED) is 0.449. The lowest BCUT2D eigenvalue weighted by molar-refractivity contribution is 0.589. The van der Waals surface area contributed by atoms with Crippen LogP contribution in [0, 0.1) is 13.8 Å². The van der Waals surface area contributed by atoms with Gasteiger partial charge in [0.05, 0.1) is 29.3 Å². The van der Waals surface area contributed by atoms with E-state index < -0.39 is 10.0 Å². The Morgan fingerprint density at radius 3 is 1.93 bits per heavy atom. The minimum absolute atomic E-state index is 0.239. The van der Waals surface area contributed by atoms with Gasteiger partial charge in [-0.25, -0.2) is 13.1 Å². The molecule has 0 aliphatic heterocycles. The molecule has 0 fully saturated rings. The maximum atomic E-state index is 13.9. The highest BCUT2D eigenvalue weighted by molar-refractivity contribution is 7.92. The predicted octanol–water partition coefficient (Wildman–Crippen LogP) is 4.88. The first-order valence-electron chi connectivity index (χ1n) is 9.72. The van der Waals surface area contributed by atoms with Crippen molar-refractivity contribution >= 4 is 15.7 Å². The molecule has 30 heavy (non-hydrogen) atoms. The van der Waals surface area contributed by atoms with Crippen molar-refractivity contribution in [2.75, 3.05) is 4.31 Å². The first-order chi connectivity index (χ1) is 14.5. The first kappa shape index (κ1) is 19.9. The minimum Gasteiger partial charge on any atom is -0.262 e. The van der Waals surface area contributed by atoms with Crippen molar-refractivity contribution in [2.24, 2.45) is 0 Å². The first-order valence-corrected chi connectivity index (χ1v) is 11.2. The molecule has 0 amide bonds. The molecule has 0 spiro atoms. The van der Waals surface area contributed by atoms with Gasteiger partial charge in [0, 0.05) is 0 Å². The van der Waals surface area contributed by atoms with E-state index in [1.54, 1.807) is 18.5 Å². The largest absolute Gasteiger partial charge is 0.268 e. The van der Waals surface area contributed by atoms with Gasteiger partial charge < -0.3 is 0 Å². The minimum atomic E-state index is -3.85. The number of hydrogen-bond acceptors (Lipinski definition) is 3. The van der Waals surface area contributed by atoms with E-state index in [1.165, 1.54) is 4.31 Å². The highest BCUT2D eigenvalue weighted by Crippen LogP contribution is 2.30. The number of para-hydroxylation sites is 2. The molecule has 0 aliphatic rings. The molecule has 1 aromatic heterocycles. The van der Waals surface area contributed by atoms with Crippen LogP contribution in [0.2, 0.25) is 0 Å². The van der Waals surface area contributed by atoms with Gasteiger partial charge in [0.1, 0.15) is 4.90 Å². The van der Waals surface area contributed by atoms with E-state index in [-0.39, 0.29) is 11.4 Å². The van der Waals surface area contributed by atoms with Crippen LogP contribution in [0.15, 0.2) is 95.9 Å². The van der Waals surface area contributed by atoms with E-state index >= 15 is 0 Å². The van der Waals surface area contributed by atoms with E-state index in [0.29, 0.717) is 17.1 Å². The van der Waals surface area contributed by atoms with Crippen LogP contribution in [-0.2, 0) is 16.6 Å². The van der Waals surface area contributed by atoms with Crippen LogP contribution in [0.5, 0.6) is 0 Å². The summed E-state index contributed by atoms with van der Waals surface area (Å²) in [6, 6.07) is 28.3. The van der Waals surface area contributed by atoms with Crippen molar-refractivity contribution < 1.29 is 8.42 Å². The topological polar surface area (TPSA) is 55.2 Å². The fraction of sp³-hybridized carbons (Fsp3) is 0.125. The molecule has 0 N–H and O–H groups in total. The predicted molar refractivity (Wildman–Crippen MR) is 119 cm³/mol. The number of anilines is 1. The Kier molecular flexibility index (Phi) is 5.42. The number of benzene rings is 3. The summed E-state index contributed by atoms with van der Waals surface area (Å²) >= 11 is 0. The summed E-state index contributed by atoms with van der Waals surface area (Å²) in [7, 11) is -3.85. The Morgan fingerprint density at radius 1 is 0.800 bits per heavy atom. The van der Waals surface area contributed by atoms with Crippen LogP contribution >= 0.6 is 0 Å². The van der Waals surface area contributed by atoms with Crippen LogP contribution in [0.1, 0.15) is 17.0 Å². The number of nitrogens with zero attached hydrogens (tertiary/aromatic N) is 3. The van der Waals surface area contributed by atoms with Crippen molar-refractivity contribution in [3.8, 4) is 5.69 Å². The standard InChI is InChI=1S/C24H23N3O2S/c1-19-24(20(2)27(25-19)23-16-10-5-11-17-23)30(28,29)26(22-14-8-4-9-15-22)18-21-12-6-3-7-13-21/h3-17H,18H2,1-2H3. The summed E-state index contributed by atoms with van der Waals surface area (Å²) < 4.78 is 30.9. The van der Waals surface area contributed by atoms with Gasteiger partial charge in [0.15, 0.2) is 0 Å². The smallest absolute Gasteiger partial charge is 0.262 e. The Labute approximate surface area is 177 Å². The third-order valence-electron chi connectivity index (χ3n) is 4.99. The molecular formula is C24H23N3O2S. The summed E-state index contributed by atoms with van der Waals surface area (Å²) in [6.07, 6.45) is 0. The molecule has 0 saturated carbocycles. The second kappa shape index (κ2) is 8.16. The average Bonchev–Trinajstić information content (AvgIpc) is 3.08. The lowest BCUT2D eigenvalue weighted by Crippen LogP contribution is -2.31. The molecule has 1 heterocycles. The van der Waals surface area contributed by atoms with Crippen molar-refractivity contribution in [1.82, 2.24) is 9.78 Å². The van der Waals surface area contributed by atoms with E-state index in [2.05, 4.69) is 5.10 Å². The van der Waals surface area contributed by atoms with Gasteiger partial charge >= 0.3 is 0 Å². The molecule has 4 rings (SSSR count). The second-order valence-electron chi connectivity index (χ2n) is 7.08. The number of rotatable bonds is 6. The second-order valence-corrected chi connectivity index (χ2v) is 8.88. The summed E-state index contributed by atoms with van der Waals surface area (Å²) in [5.41, 5.74) is 3.43. The molecule has 3 aromatic carbocycles. The summed E-state index contributed by atoms with van der Waals surface area (Å²) in [4.78, 5) is 0.242. The molecular weight excluding hydrogens is 394 g/mol. The zero-order valence-corrected chi connectivity index (χ0v) is 17.8.